The highest BCUT2D eigenvalue weighted by molar-refractivity contribution is 5.77. The van der Waals surface area contributed by atoms with E-state index >= 15 is 0 Å². The van der Waals surface area contributed by atoms with Crippen molar-refractivity contribution in [3.63, 3.8) is 0 Å². The average Bonchev–Trinajstić information content (AvgIpc) is 3.03. The Hall–Kier alpha value is -2.88. The van der Waals surface area contributed by atoms with Gasteiger partial charge in [-0.25, -0.2) is 0 Å². The number of amides is 1. The summed E-state index contributed by atoms with van der Waals surface area (Å²) < 4.78 is 7.63. The minimum Gasteiger partial charge on any atom is -0.484 e. The maximum atomic E-state index is 12.3. The van der Waals surface area contributed by atoms with Gasteiger partial charge in [0.15, 0.2) is 12.4 Å². The summed E-state index contributed by atoms with van der Waals surface area (Å²) in [5.74, 6) is 2.35. The Morgan fingerprint density at radius 1 is 1.29 bits per heavy atom. The van der Waals surface area contributed by atoms with Gasteiger partial charge in [-0.1, -0.05) is 19.1 Å². The molecular weight excluding hydrogens is 306 g/mol. The van der Waals surface area contributed by atoms with Crippen molar-refractivity contribution < 1.29 is 9.53 Å². The predicted molar refractivity (Wildman–Crippen MR) is 86.1 cm³/mol. The second kappa shape index (κ2) is 7.13. The summed E-state index contributed by atoms with van der Waals surface area (Å²) in [5.41, 5.74) is 0.929. The molecule has 0 N–H and O–H groups in total. The van der Waals surface area contributed by atoms with Gasteiger partial charge >= 0.3 is 0 Å². The topological polar surface area (TPSA) is 84.0 Å². The van der Waals surface area contributed by atoms with Crippen molar-refractivity contribution in [3.8, 4) is 11.8 Å². The van der Waals surface area contributed by atoms with Crippen LogP contribution in [0, 0.1) is 11.3 Å². The predicted octanol–water partition coefficient (Wildman–Crippen LogP) is 1.33. The molecule has 7 nitrogen and oxygen atoms in total. The Bertz CT molecular complexity index is 760. The van der Waals surface area contributed by atoms with Gasteiger partial charge in [0, 0.05) is 19.5 Å². The van der Waals surface area contributed by atoms with E-state index in [0.29, 0.717) is 25.3 Å². The first-order chi connectivity index (χ1) is 11.7. The molecule has 7 heteroatoms. The van der Waals surface area contributed by atoms with Crippen LogP contribution in [0.5, 0.6) is 5.75 Å². The summed E-state index contributed by atoms with van der Waals surface area (Å²) in [6, 6.07) is 9.32. The van der Waals surface area contributed by atoms with E-state index in [-0.39, 0.29) is 12.5 Å². The van der Waals surface area contributed by atoms with Crippen LogP contribution >= 0.6 is 0 Å². The Balaban J connectivity index is 1.55. The Labute approximate surface area is 140 Å². The largest absolute Gasteiger partial charge is 0.484 e. The molecule has 2 heterocycles. The molecule has 0 saturated carbocycles. The van der Waals surface area contributed by atoms with Crippen molar-refractivity contribution in [1.29, 1.82) is 5.26 Å². The van der Waals surface area contributed by atoms with E-state index in [1.807, 2.05) is 19.1 Å². The third-order valence-electron chi connectivity index (χ3n) is 4.07. The lowest BCUT2D eigenvalue weighted by molar-refractivity contribution is -0.134. The van der Waals surface area contributed by atoms with Crippen molar-refractivity contribution in [2.24, 2.45) is 0 Å². The highest BCUT2D eigenvalue weighted by atomic mass is 16.5. The Morgan fingerprint density at radius 3 is 2.79 bits per heavy atom. The monoisotopic (exact) mass is 325 g/mol. The minimum absolute atomic E-state index is 0.00757. The Kier molecular flexibility index (Phi) is 4.75. The molecule has 0 fully saturated rings. The normalized spacial score (nSPS) is 13.2. The van der Waals surface area contributed by atoms with Crippen LogP contribution < -0.4 is 4.74 Å². The number of nitriles is 1. The van der Waals surface area contributed by atoms with E-state index in [4.69, 9.17) is 10.00 Å². The fourth-order valence-corrected chi connectivity index (χ4v) is 2.72. The molecule has 2 aromatic rings. The Morgan fingerprint density at radius 2 is 2.08 bits per heavy atom. The number of rotatable bonds is 5. The third kappa shape index (κ3) is 3.38. The molecule has 1 amide bonds. The number of nitrogens with zero attached hydrogens (tertiary/aromatic N) is 5. The van der Waals surface area contributed by atoms with Gasteiger partial charge in [0.2, 0.25) is 0 Å². The van der Waals surface area contributed by atoms with Crippen molar-refractivity contribution in [2.75, 3.05) is 13.2 Å². The van der Waals surface area contributed by atoms with Gasteiger partial charge in [-0.15, -0.1) is 10.2 Å². The van der Waals surface area contributed by atoms with Gasteiger partial charge in [-0.05, 0) is 17.7 Å². The smallest absolute Gasteiger partial charge is 0.260 e. The zero-order valence-electron chi connectivity index (χ0n) is 13.6. The van der Waals surface area contributed by atoms with Crippen molar-refractivity contribution in [2.45, 2.75) is 32.9 Å². The molecule has 1 aliphatic rings. The molecule has 24 heavy (non-hydrogen) atoms. The first-order valence-electron chi connectivity index (χ1n) is 7.98. The van der Waals surface area contributed by atoms with Crippen LogP contribution in [0.25, 0.3) is 0 Å². The number of benzene rings is 1. The summed E-state index contributed by atoms with van der Waals surface area (Å²) in [4.78, 5) is 14.1. The number of hydrogen-bond donors (Lipinski definition) is 0. The van der Waals surface area contributed by atoms with Crippen LogP contribution in [0.15, 0.2) is 24.3 Å². The molecule has 0 aliphatic carbocycles. The maximum Gasteiger partial charge on any atom is 0.260 e. The third-order valence-corrected chi connectivity index (χ3v) is 4.07. The quantitative estimate of drug-likeness (QED) is 0.828. The molecule has 0 bridgehead atoms. The number of carbonyl (C=O) groups is 1. The lowest BCUT2D eigenvalue weighted by atomic mass is 10.2. The van der Waals surface area contributed by atoms with E-state index in [1.54, 1.807) is 17.0 Å². The maximum absolute atomic E-state index is 12.3. The summed E-state index contributed by atoms with van der Waals surface area (Å²) >= 11 is 0. The van der Waals surface area contributed by atoms with Gasteiger partial charge in [0.05, 0.1) is 19.0 Å². The zero-order valence-corrected chi connectivity index (χ0v) is 13.6. The fourth-order valence-electron chi connectivity index (χ4n) is 2.72. The number of hydrogen-bond acceptors (Lipinski definition) is 5. The van der Waals surface area contributed by atoms with E-state index in [1.165, 1.54) is 0 Å². The fraction of sp³-hybridized carbons (Fsp3) is 0.412. The first-order valence-corrected chi connectivity index (χ1v) is 7.98. The van der Waals surface area contributed by atoms with Crippen LogP contribution in [0.1, 0.15) is 24.1 Å². The highest BCUT2D eigenvalue weighted by Crippen LogP contribution is 2.15. The molecular formula is C17H19N5O2. The first kappa shape index (κ1) is 16.0. The van der Waals surface area contributed by atoms with Crippen molar-refractivity contribution in [3.05, 3.63) is 41.5 Å². The summed E-state index contributed by atoms with van der Waals surface area (Å²) in [6.45, 7) is 3.87. The van der Waals surface area contributed by atoms with Crippen molar-refractivity contribution in [1.82, 2.24) is 19.7 Å². The van der Waals surface area contributed by atoms with Gasteiger partial charge in [0.1, 0.15) is 11.6 Å². The van der Waals surface area contributed by atoms with E-state index in [0.717, 1.165) is 30.2 Å². The number of carbonyl (C=O) groups excluding carboxylic acids is 1. The summed E-state index contributed by atoms with van der Waals surface area (Å²) in [7, 11) is 0. The SMILES string of the molecule is CCc1nnc2n1CCN(C(=O)COc1ccc(CC#N)cc1)C2. The molecule has 0 radical (unpaired) electrons. The molecule has 0 spiro atoms. The molecule has 124 valence electrons. The second-order valence-corrected chi connectivity index (χ2v) is 5.62. The van der Waals surface area contributed by atoms with Crippen LogP contribution in [-0.2, 0) is 30.7 Å². The number of ether oxygens (including phenoxy) is 1. The molecule has 3 rings (SSSR count). The lowest BCUT2D eigenvalue weighted by Gasteiger charge is -2.27. The van der Waals surface area contributed by atoms with E-state index < -0.39 is 0 Å². The van der Waals surface area contributed by atoms with Crippen LogP contribution in [-0.4, -0.2) is 38.7 Å². The summed E-state index contributed by atoms with van der Waals surface area (Å²) in [6.07, 6.45) is 1.21. The molecule has 1 aromatic carbocycles. The number of fused-ring (bicyclic) bond motifs is 1. The highest BCUT2D eigenvalue weighted by Gasteiger charge is 2.24. The van der Waals surface area contributed by atoms with Gasteiger partial charge < -0.3 is 14.2 Å². The van der Waals surface area contributed by atoms with Crippen LogP contribution in [0.3, 0.4) is 0 Å². The minimum atomic E-state index is -0.0663. The van der Waals surface area contributed by atoms with Gasteiger partial charge in [-0.3, -0.25) is 4.79 Å². The van der Waals surface area contributed by atoms with Crippen molar-refractivity contribution >= 4 is 5.91 Å². The van der Waals surface area contributed by atoms with E-state index in [9.17, 15) is 4.79 Å². The molecule has 0 atom stereocenters. The molecule has 1 aliphatic heterocycles. The molecule has 1 aromatic heterocycles. The van der Waals surface area contributed by atoms with Gasteiger partial charge in [-0.2, -0.15) is 5.26 Å². The van der Waals surface area contributed by atoms with E-state index in [2.05, 4.69) is 20.8 Å². The van der Waals surface area contributed by atoms with Gasteiger partial charge in [0.25, 0.3) is 5.91 Å². The molecule has 0 unspecified atom stereocenters. The number of aromatic nitrogens is 3. The average molecular weight is 325 g/mol. The van der Waals surface area contributed by atoms with Crippen LogP contribution in [0.2, 0.25) is 0 Å². The standard InChI is InChI=1S/C17H19N5O2/c1-2-15-19-20-16-11-21(9-10-22(15)16)17(23)12-24-14-5-3-13(4-6-14)7-8-18/h3-6H,2,7,9-12H2,1H3. The number of aryl methyl sites for hydroxylation is 1. The summed E-state index contributed by atoms with van der Waals surface area (Å²) in [5, 5.41) is 17.0. The molecule has 0 saturated heterocycles. The lowest BCUT2D eigenvalue weighted by Crippen LogP contribution is -2.41. The van der Waals surface area contributed by atoms with Crippen LogP contribution in [0.4, 0.5) is 0 Å². The second-order valence-electron chi connectivity index (χ2n) is 5.62. The zero-order chi connectivity index (χ0) is 16.9.